The van der Waals surface area contributed by atoms with Gasteiger partial charge in [0.25, 0.3) is 0 Å². The van der Waals surface area contributed by atoms with Crippen molar-refractivity contribution in [2.24, 2.45) is 0 Å². The number of ketones is 1. The molecule has 1 aromatic rings. The summed E-state index contributed by atoms with van der Waals surface area (Å²) >= 11 is 0. The first-order valence-corrected chi connectivity index (χ1v) is 7.22. The maximum atomic E-state index is 12.9. The molecule has 2 rings (SSSR count). The zero-order valence-electron chi connectivity index (χ0n) is 14.2. The molecule has 1 aromatic heterocycles. The van der Waals surface area contributed by atoms with Gasteiger partial charge in [-0.2, -0.15) is 18.2 Å². The summed E-state index contributed by atoms with van der Waals surface area (Å²) in [5.74, 6) is -1.22. The first-order valence-electron chi connectivity index (χ1n) is 7.22. The normalized spacial score (nSPS) is 22.6. The Morgan fingerprint density at radius 3 is 2.56 bits per heavy atom. The number of aliphatic hydroxyl groups excluding tert-OH is 2. The topological polar surface area (TPSA) is 114 Å². The van der Waals surface area contributed by atoms with E-state index in [1.807, 2.05) is 5.32 Å². The third-order valence-corrected chi connectivity index (χ3v) is 3.44. The van der Waals surface area contributed by atoms with Gasteiger partial charge in [-0.3, -0.25) is 9.36 Å². The predicted octanol–water partition coefficient (Wildman–Crippen LogP) is 0.331. The minimum atomic E-state index is -4.82. The van der Waals surface area contributed by atoms with Gasteiger partial charge in [0.2, 0.25) is 0 Å². The fourth-order valence-electron chi connectivity index (χ4n) is 2.28. The van der Waals surface area contributed by atoms with E-state index >= 15 is 0 Å². The number of anilines is 1. The van der Waals surface area contributed by atoms with Gasteiger partial charge in [-0.05, 0) is 13.0 Å². The zero-order chi connectivity index (χ0) is 18.8. The number of allylic oxidation sites excluding steroid dienone is 2. The summed E-state index contributed by atoms with van der Waals surface area (Å²) in [4.78, 5) is 26.4. The summed E-state index contributed by atoms with van der Waals surface area (Å²) in [6.07, 6.45) is -6.02. The van der Waals surface area contributed by atoms with E-state index in [9.17, 15) is 27.9 Å². The Labute approximate surface area is 223 Å². The summed E-state index contributed by atoms with van der Waals surface area (Å²) < 4.78 is 44.8. The van der Waals surface area contributed by atoms with Gasteiger partial charge >= 0.3 is 11.9 Å². The van der Waals surface area contributed by atoms with E-state index in [-0.39, 0.29) is 94.5 Å². The average molecular weight is 817 g/mol. The van der Waals surface area contributed by atoms with Crippen molar-refractivity contribution in [2.75, 3.05) is 11.9 Å². The van der Waals surface area contributed by atoms with Crippen LogP contribution in [0.15, 0.2) is 28.8 Å². The molecule has 1 aliphatic rings. The molecule has 8 nitrogen and oxygen atoms in total. The van der Waals surface area contributed by atoms with Crippen molar-refractivity contribution in [3.05, 3.63) is 34.5 Å². The van der Waals surface area contributed by atoms with Gasteiger partial charge in [-0.15, -0.1) is 0 Å². The molecule has 2 heterocycles. The molecular formula is C14H16Ac2F3N3O5. The molecule has 3 atom stereocenters. The Balaban J connectivity index is 0.00000338. The summed E-state index contributed by atoms with van der Waals surface area (Å²) in [6, 6.07) is 1.10. The van der Waals surface area contributed by atoms with Crippen LogP contribution in [0.25, 0.3) is 0 Å². The summed E-state index contributed by atoms with van der Waals surface area (Å²) in [7, 11) is 0. The van der Waals surface area contributed by atoms with E-state index in [1.165, 1.54) is 0 Å². The summed E-state index contributed by atoms with van der Waals surface area (Å²) in [5, 5.41) is 20.6. The second-order valence-corrected chi connectivity index (χ2v) is 5.41. The minimum absolute atomic E-state index is 0. The van der Waals surface area contributed by atoms with E-state index in [0.717, 1.165) is 23.8 Å². The van der Waals surface area contributed by atoms with Crippen LogP contribution in [0.4, 0.5) is 19.0 Å². The molecule has 1 saturated heterocycles. The molecule has 144 valence electrons. The van der Waals surface area contributed by atoms with Crippen LogP contribution in [0.5, 0.6) is 0 Å². The van der Waals surface area contributed by atoms with Crippen LogP contribution in [-0.2, 0) is 9.53 Å². The van der Waals surface area contributed by atoms with Gasteiger partial charge < -0.3 is 20.3 Å². The number of hydrogen-bond donors (Lipinski definition) is 3. The molecule has 0 aromatic carbocycles. The smallest absolute Gasteiger partial charge is 0.394 e. The summed E-state index contributed by atoms with van der Waals surface area (Å²) in [5.41, 5.74) is -2.26. The van der Waals surface area contributed by atoms with E-state index in [1.54, 1.807) is 0 Å². The summed E-state index contributed by atoms with van der Waals surface area (Å²) in [6.45, 7) is 0.517. The van der Waals surface area contributed by atoms with Crippen molar-refractivity contribution in [3.8, 4) is 0 Å². The molecule has 0 aliphatic carbocycles. The minimum Gasteiger partial charge on any atom is -0.394 e. The van der Waals surface area contributed by atoms with E-state index in [2.05, 4.69) is 4.98 Å². The number of hydrogen-bond acceptors (Lipinski definition) is 7. The van der Waals surface area contributed by atoms with E-state index < -0.39 is 54.2 Å². The molecule has 3 N–H and O–H groups in total. The van der Waals surface area contributed by atoms with Crippen LogP contribution >= 0.6 is 0 Å². The fraction of sp³-hybridized carbons (Fsp3) is 0.500. The Bertz CT molecular complexity index is 741. The maximum absolute atomic E-state index is 12.9. The second-order valence-electron chi connectivity index (χ2n) is 5.41. The van der Waals surface area contributed by atoms with Crippen molar-refractivity contribution in [1.29, 1.82) is 0 Å². The third-order valence-electron chi connectivity index (χ3n) is 3.44. The molecule has 0 saturated carbocycles. The van der Waals surface area contributed by atoms with Crippen LogP contribution < -0.4 is 11.0 Å². The predicted molar refractivity (Wildman–Crippen MR) is 78.6 cm³/mol. The van der Waals surface area contributed by atoms with Gasteiger partial charge in [0, 0.05) is 107 Å². The molecule has 0 amide bonds. The number of nitrogens with zero attached hydrogens (tertiary/aromatic N) is 2. The molecule has 1 fully saturated rings. The number of aromatic nitrogens is 2. The number of carbonyl (C=O) groups excluding carboxylic acids is 1. The average Bonchev–Trinajstić information content (AvgIpc) is 2.86. The maximum Gasteiger partial charge on any atom is 0.431 e. The van der Waals surface area contributed by atoms with E-state index in [4.69, 9.17) is 9.84 Å². The second kappa shape index (κ2) is 11.7. The SMILES string of the molecule is CC(=O)/C=C(/Nc1ccn(C2CC(O)C(CO)O2)c(=O)n1)C(F)(F)F.[Ac].[Ac]. The van der Waals surface area contributed by atoms with Gasteiger partial charge in [0.05, 0.1) is 12.7 Å². The molecular weight excluding hydrogens is 801 g/mol. The van der Waals surface area contributed by atoms with Gasteiger partial charge in [0.1, 0.15) is 23.8 Å². The Morgan fingerprint density at radius 2 is 2.11 bits per heavy atom. The Hall–Kier alpha value is 0.643. The third kappa shape index (κ3) is 7.77. The van der Waals surface area contributed by atoms with Crippen molar-refractivity contribution in [2.45, 2.75) is 38.0 Å². The van der Waals surface area contributed by atoms with Gasteiger partial charge in [-0.25, -0.2) is 4.79 Å². The number of aliphatic hydroxyl groups is 2. The van der Waals surface area contributed by atoms with Gasteiger partial charge in [-0.1, -0.05) is 0 Å². The van der Waals surface area contributed by atoms with Crippen LogP contribution in [-0.4, -0.2) is 50.5 Å². The molecule has 0 spiro atoms. The molecule has 13 heteroatoms. The number of halogens is 3. The van der Waals surface area contributed by atoms with E-state index in [0.29, 0.717) is 6.08 Å². The Morgan fingerprint density at radius 1 is 1.48 bits per heavy atom. The number of carbonyl (C=O) groups is 1. The Kier molecular flexibility index (Phi) is 12.0. The first kappa shape index (κ1) is 27.6. The van der Waals surface area contributed by atoms with Crippen LogP contribution in [0, 0.1) is 88.1 Å². The largest absolute Gasteiger partial charge is 0.431 e. The molecule has 1 aliphatic heterocycles. The van der Waals surface area contributed by atoms with Crippen LogP contribution in [0.1, 0.15) is 19.6 Å². The van der Waals surface area contributed by atoms with Crippen molar-refractivity contribution < 1.29 is 121 Å². The van der Waals surface area contributed by atoms with Crippen molar-refractivity contribution >= 4 is 11.6 Å². The van der Waals surface area contributed by atoms with Gasteiger partial charge in [0.15, 0.2) is 5.78 Å². The number of alkyl halides is 3. The zero-order valence-corrected chi connectivity index (χ0v) is 23.7. The molecule has 0 bridgehead atoms. The number of ether oxygens (including phenoxy) is 1. The fourth-order valence-corrected chi connectivity index (χ4v) is 2.28. The van der Waals surface area contributed by atoms with Crippen molar-refractivity contribution in [1.82, 2.24) is 9.55 Å². The van der Waals surface area contributed by atoms with Crippen LogP contribution in [0.3, 0.4) is 0 Å². The van der Waals surface area contributed by atoms with Crippen molar-refractivity contribution in [3.63, 3.8) is 0 Å². The number of nitrogens with one attached hydrogen (secondary N) is 1. The van der Waals surface area contributed by atoms with Crippen LogP contribution in [0.2, 0.25) is 0 Å². The first-order chi connectivity index (χ1) is 11.6. The molecule has 3 unspecified atom stereocenters. The monoisotopic (exact) mass is 817 g/mol. The molecule has 27 heavy (non-hydrogen) atoms. The standard InChI is InChI=1S/C14H16F3N3O5.2Ac/c1-7(22)4-10(14(15,16)17)18-11-2-3-20(13(24)19-11)12-5-8(23)9(6-21)25-12;;/h2-4,8-9,12,21,23H,5-6H2,1H3,(H,18,19,24);;/b10-4+;;. The quantitative estimate of drug-likeness (QED) is 0.368. The number of rotatable bonds is 5. The molecule has 2 radical (unpaired) electrons.